The van der Waals surface area contributed by atoms with Crippen molar-refractivity contribution in [1.82, 2.24) is 15.0 Å². The number of aromatic nitrogens is 2. The van der Waals surface area contributed by atoms with Gasteiger partial charge in [0.2, 0.25) is 0 Å². The fourth-order valence-electron chi connectivity index (χ4n) is 2.83. The lowest BCUT2D eigenvalue weighted by atomic mass is 10.2. The maximum atomic E-state index is 12.4. The molecule has 2 atom stereocenters. The van der Waals surface area contributed by atoms with E-state index in [0.29, 0.717) is 24.8 Å². The van der Waals surface area contributed by atoms with Crippen molar-refractivity contribution in [2.24, 2.45) is 0 Å². The summed E-state index contributed by atoms with van der Waals surface area (Å²) in [5, 5.41) is 6.88. The molecule has 1 N–H and O–H groups in total. The molecule has 134 valence electrons. The summed E-state index contributed by atoms with van der Waals surface area (Å²) in [7, 11) is 0. The number of hydrogen-bond donors (Lipinski definition) is 1. The van der Waals surface area contributed by atoms with Crippen molar-refractivity contribution in [3.63, 3.8) is 0 Å². The fraction of sp³-hybridized carbons (Fsp3) is 0.500. The molecule has 25 heavy (non-hydrogen) atoms. The first-order valence-electron chi connectivity index (χ1n) is 8.58. The second kappa shape index (κ2) is 7.23. The molecule has 1 aromatic heterocycles. The number of anilines is 1. The van der Waals surface area contributed by atoms with Crippen LogP contribution < -0.4 is 5.32 Å². The Hall–Kier alpha value is -2.41. The number of urea groups is 1. The molecule has 1 aliphatic heterocycles. The minimum absolute atomic E-state index is 0.0459. The standard InChI is InChI=1S/C18H24N4O3/c1-11(2)16-20-17(25-21-16)14-5-7-15(8-6-14)19-18(23)22-9-12(3)24-13(4)10-22/h5-8,11-13H,9-10H2,1-4H3,(H,19,23)/t12-,13-/m0/s1. The average molecular weight is 344 g/mol. The van der Waals surface area contributed by atoms with Crippen molar-refractivity contribution in [2.75, 3.05) is 18.4 Å². The van der Waals surface area contributed by atoms with Crippen LogP contribution in [0.4, 0.5) is 10.5 Å². The maximum absolute atomic E-state index is 12.4. The molecule has 0 spiro atoms. The number of morpholine rings is 1. The molecule has 2 heterocycles. The maximum Gasteiger partial charge on any atom is 0.322 e. The summed E-state index contributed by atoms with van der Waals surface area (Å²) in [6.07, 6.45) is 0.0918. The van der Waals surface area contributed by atoms with E-state index in [4.69, 9.17) is 9.26 Å². The number of nitrogens with zero attached hydrogens (tertiary/aromatic N) is 3. The molecule has 2 amide bonds. The Morgan fingerprint density at radius 3 is 2.40 bits per heavy atom. The van der Waals surface area contributed by atoms with Crippen LogP contribution in [0.3, 0.4) is 0 Å². The molecule has 1 aliphatic rings. The lowest BCUT2D eigenvalue weighted by Gasteiger charge is -2.35. The Balaban J connectivity index is 1.65. The van der Waals surface area contributed by atoms with Crippen molar-refractivity contribution in [3.05, 3.63) is 30.1 Å². The van der Waals surface area contributed by atoms with E-state index in [1.807, 2.05) is 52.0 Å². The highest BCUT2D eigenvalue weighted by Gasteiger charge is 2.25. The van der Waals surface area contributed by atoms with Gasteiger partial charge >= 0.3 is 6.03 Å². The fourth-order valence-corrected chi connectivity index (χ4v) is 2.83. The Labute approximate surface area is 147 Å². The molecule has 7 nitrogen and oxygen atoms in total. The monoisotopic (exact) mass is 344 g/mol. The average Bonchev–Trinajstić information content (AvgIpc) is 3.05. The Morgan fingerprint density at radius 1 is 1.20 bits per heavy atom. The smallest absolute Gasteiger partial charge is 0.322 e. The molecule has 3 rings (SSSR count). The third kappa shape index (κ3) is 4.17. The highest BCUT2D eigenvalue weighted by molar-refractivity contribution is 5.89. The zero-order chi connectivity index (χ0) is 18.0. The molecule has 1 fully saturated rings. The number of carbonyl (C=O) groups is 1. The van der Waals surface area contributed by atoms with Gasteiger partial charge in [0.1, 0.15) is 0 Å². The minimum atomic E-state index is -0.116. The first-order chi connectivity index (χ1) is 11.9. The van der Waals surface area contributed by atoms with E-state index in [1.54, 1.807) is 4.90 Å². The summed E-state index contributed by atoms with van der Waals surface area (Å²) < 4.78 is 10.9. The Bertz CT molecular complexity index is 716. The molecule has 1 saturated heterocycles. The Kier molecular flexibility index (Phi) is 5.03. The van der Waals surface area contributed by atoms with Crippen molar-refractivity contribution in [1.29, 1.82) is 0 Å². The highest BCUT2D eigenvalue weighted by atomic mass is 16.5. The van der Waals surface area contributed by atoms with Crippen LogP contribution in [0.25, 0.3) is 11.5 Å². The quantitative estimate of drug-likeness (QED) is 0.922. The van der Waals surface area contributed by atoms with E-state index in [0.717, 1.165) is 11.3 Å². The van der Waals surface area contributed by atoms with Crippen LogP contribution >= 0.6 is 0 Å². The second-order valence-electron chi connectivity index (χ2n) is 6.78. The number of nitrogens with one attached hydrogen (secondary N) is 1. The van der Waals surface area contributed by atoms with E-state index in [1.165, 1.54) is 0 Å². The second-order valence-corrected chi connectivity index (χ2v) is 6.78. The van der Waals surface area contributed by atoms with Gasteiger partial charge in [0, 0.05) is 30.3 Å². The normalized spacial score (nSPS) is 20.8. The van der Waals surface area contributed by atoms with Gasteiger partial charge in [-0.05, 0) is 38.1 Å². The van der Waals surface area contributed by atoms with Crippen LogP contribution in [-0.2, 0) is 4.74 Å². The van der Waals surface area contributed by atoms with Crippen LogP contribution in [0.1, 0.15) is 39.4 Å². The predicted molar refractivity (Wildman–Crippen MR) is 94.4 cm³/mol. The lowest BCUT2D eigenvalue weighted by Crippen LogP contribution is -2.49. The Morgan fingerprint density at radius 2 is 1.84 bits per heavy atom. The van der Waals surface area contributed by atoms with Gasteiger partial charge in [-0.15, -0.1) is 0 Å². The summed E-state index contributed by atoms with van der Waals surface area (Å²) in [4.78, 5) is 18.6. The van der Waals surface area contributed by atoms with Crippen LogP contribution in [-0.4, -0.2) is 46.4 Å². The summed E-state index contributed by atoms with van der Waals surface area (Å²) in [5.74, 6) is 1.38. The van der Waals surface area contributed by atoms with Crippen molar-refractivity contribution >= 4 is 11.7 Å². The summed E-state index contributed by atoms with van der Waals surface area (Å²) in [6.45, 7) is 9.16. The van der Waals surface area contributed by atoms with Gasteiger partial charge in [-0.3, -0.25) is 0 Å². The van der Waals surface area contributed by atoms with Crippen LogP contribution in [0.2, 0.25) is 0 Å². The minimum Gasteiger partial charge on any atom is -0.372 e. The molecule has 0 bridgehead atoms. The molecule has 0 aliphatic carbocycles. The van der Waals surface area contributed by atoms with Gasteiger partial charge in [-0.1, -0.05) is 19.0 Å². The van der Waals surface area contributed by atoms with Crippen LogP contribution in [0.5, 0.6) is 0 Å². The van der Waals surface area contributed by atoms with Gasteiger partial charge in [-0.2, -0.15) is 4.98 Å². The van der Waals surface area contributed by atoms with E-state index in [2.05, 4.69) is 15.5 Å². The summed E-state index contributed by atoms with van der Waals surface area (Å²) in [5.41, 5.74) is 1.55. The molecule has 0 saturated carbocycles. The largest absolute Gasteiger partial charge is 0.372 e. The number of rotatable bonds is 3. The van der Waals surface area contributed by atoms with E-state index in [9.17, 15) is 4.79 Å². The molecular weight excluding hydrogens is 320 g/mol. The van der Waals surface area contributed by atoms with Gasteiger partial charge in [-0.25, -0.2) is 4.79 Å². The molecule has 7 heteroatoms. The molecule has 2 aromatic rings. The number of benzene rings is 1. The highest BCUT2D eigenvalue weighted by Crippen LogP contribution is 2.22. The molecule has 1 aromatic carbocycles. The van der Waals surface area contributed by atoms with E-state index in [-0.39, 0.29) is 24.2 Å². The third-order valence-corrected chi connectivity index (χ3v) is 4.05. The van der Waals surface area contributed by atoms with Gasteiger partial charge in [0.15, 0.2) is 5.82 Å². The van der Waals surface area contributed by atoms with Gasteiger partial charge in [0.05, 0.1) is 12.2 Å². The van der Waals surface area contributed by atoms with Crippen LogP contribution in [0.15, 0.2) is 28.8 Å². The lowest BCUT2D eigenvalue weighted by molar-refractivity contribution is -0.0530. The number of ether oxygens (including phenoxy) is 1. The van der Waals surface area contributed by atoms with Crippen molar-refractivity contribution < 1.29 is 14.1 Å². The molecular formula is C18H24N4O3. The van der Waals surface area contributed by atoms with E-state index < -0.39 is 0 Å². The molecule has 0 unspecified atom stereocenters. The predicted octanol–water partition coefficient (Wildman–Crippen LogP) is 3.50. The summed E-state index contributed by atoms with van der Waals surface area (Å²) in [6, 6.07) is 7.27. The van der Waals surface area contributed by atoms with Crippen molar-refractivity contribution in [2.45, 2.75) is 45.8 Å². The number of hydrogen-bond acceptors (Lipinski definition) is 5. The zero-order valence-electron chi connectivity index (χ0n) is 15.0. The first-order valence-corrected chi connectivity index (χ1v) is 8.58. The van der Waals surface area contributed by atoms with Gasteiger partial charge < -0.3 is 19.5 Å². The first kappa shape index (κ1) is 17.4. The van der Waals surface area contributed by atoms with E-state index >= 15 is 0 Å². The van der Waals surface area contributed by atoms with Gasteiger partial charge in [0.25, 0.3) is 5.89 Å². The third-order valence-electron chi connectivity index (χ3n) is 4.05. The van der Waals surface area contributed by atoms with Crippen LogP contribution in [0, 0.1) is 0 Å². The number of carbonyl (C=O) groups excluding carboxylic acids is 1. The molecule has 0 radical (unpaired) electrons. The topological polar surface area (TPSA) is 80.5 Å². The SMILES string of the molecule is CC(C)c1noc(-c2ccc(NC(=O)N3C[C@H](C)O[C@@H](C)C3)cc2)n1. The van der Waals surface area contributed by atoms with Crippen molar-refractivity contribution in [3.8, 4) is 11.5 Å². The zero-order valence-corrected chi connectivity index (χ0v) is 15.0. The summed E-state index contributed by atoms with van der Waals surface area (Å²) >= 11 is 0. The number of amides is 2.